The highest BCUT2D eigenvalue weighted by molar-refractivity contribution is 7.10. The monoisotopic (exact) mass is 212 g/mol. The molecule has 2 nitrogen and oxygen atoms in total. The van der Waals surface area contributed by atoms with E-state index >= 15 is 0 Å². The molecule has 0 bridgehead atoms. The van der Waals surface area contributed by atoms with E-state index in [2.05, 4.69) is 11.4 Å². The zero-order chi connectivity index (χ0) is 9.97. The predicted octanol–water partition coefficient (Wildman–Crippen LogP) is 2.18. The summed E-state index contributed by atoms with van der Waals surface area (Å²) >= 11 is 1.81. The third kappa shape index (κ3) is 1.85. The van der Waals surface area contributed by atoms with Gasteiger partial charge >= 0.3 is 0 Å². The summed E-state index contributed by atoms with van der Waals surface area (Å²) in [5.74, 6) is 0.296. The fourth-order valence-electron chi connectivity index (χ4n) is 2.21. The minimum atomic E-state index is -0.339. The van der Waals surface area contributed by atoms with Crippen LogP contribution in [-0.4, -0.2) is 24.9 Å². The van der Waals surface area contributed by atoms with Gasteiger partial charge in [0.15, 0.2) is 0 Å². The topological polar surface area (TPSA) is 29.5 Å². The highest BCUT2D eigenvalue weighted by atomic mass is 32.1. The molecule has 0 fully saturated rings. The molecule has 0 aliphatic heterocycles. The Morgan fingerprint density at radius 3 is 3.36 bits per heavy atom. The Labute approximate surface area is 88.5 Å². The molecule has 1 aromatic heterocycles. The van der Waals surface area contributed by atoms with Crippen molar-refractivity contribution in [2.24, 2.45) is 0 Å². The maximum absolute atomic E-state index is 9.92. The number of hydrogen-bond acceptors (Lipinski definition) is 3. The predicted molar refractivity (Wildman–Crippen MR) is 57.9 cm³/mol. The van der Waals surface area contributed by atoms with Crippen molar-refractivity contribution in [3.05, 3.63) is 21.9 Å². The molecule has 2 rings (SSSR count). The molecular formula is C11H16O2S. The maximum Gasteiger partial charge on any atom is 0.0842 e. The first-order chi connectivity index (χ1) is 6.83. The van der Waals surface area contributed by atoms with Gasteiger partial charge in [-0.2, -0.15) is 0 Å². The Kier molecular flexibility index (Phi) is 3.21. The molecule has 0 spiro atoms. The molecular weight excluding hydrogens is 196 g/mol. The highest BCUT2D eigenvalue weighted by Crippen LogP contribution is 2.36. The second-order valence-corrected chi connectivity index (χ2v) is 4.82. The smallest absolute Gasteiger partial charge is 0.0842 e. The Morgan fingerprint density at radius 1 is 1.71 bits per heavy atom. The van der Waals surface area contributed by atoms with Crippen molar-refractivity contribution in [1.29, 1.82) is 0 Å². The van der Waals surface area contributed by atoms with E-state index in [1.807, 2.05) is 11.3 Å². The van der Waals surface area contributed by atoms with Crippen molar-refractivity contribution in [2.75, 3.05) is 13.7 Å². The number of fused-ring (bicyclic) bond motifs is 1. The van der Waals surface area contributed by atoms with E-state index in [9.17, 15) is 5.11 Å². The third-order valence-corrected chi connectivity index (χ3v) is 3.90. The Balaban J connectivity index is 2.15. The number of hydrogen-bond donors (Lipinski definition) is 1. The van der Waals surface area contributed by atoms with Gasteiger partial charge in [0.1, 0.15) is 0 Å². The average Bonchev–Trinajstić information content (AvgIpc) is 2.65. The zero-order valence-electron chi connectivity index (χ0n) is 8.40. The summed E-state index contributed by atoms with van der Waals surface area (Å²) in [5, 5.41) is 12.0. The third-order valence-electron chi connectivity index (χ3n) is 2.90. The summed E-state index contributed by atoms with van der Waals surface area (Å²) < 4.78 is 5.00. The largest absolute Gasteiger partial charge is 0.390 e. The minimum Gasteiger partial charge on any atom is -0.390 e. The number of aryl methyl sites for hydroxylation is 1. The first-order valence-electron chi connectivity index (χ1n) is 5.06. The van der Waals surface area contributed by atoms with Crippen LogP contribution in [0.3, 0.4) is 0 Å². The fourth-order valence-corrected chi connectivity index (χ4v) is 3.21. The van der Waals surface area contributed by atoms with E-state index in [1.165, 1.54) is 23.3 Å². The van der Waals surface area contributed by atoms with Crippen LogP contribution in [0.4, 0.5) is 0 Å². The molecule has 1 heterocycles. The van der Waals surface area contributed by atoms with Crippen LogP contribution in [0.5, 0.6) is 0 Å². The van der Waals surface area contributed by atoms with Crippen LogP contribution in [0.25, 0.3) is 0 Å². The van der Waals surface area contributed by atoms with Crippen LogP contribution in [0.1, 0.15) is 29.2 Å². The number of thiophene rings is 1. The molecule has 1 aliphatic rings. The van der Waals surface area contributed by atoms with E-state index < -0.39 is 0 Å². The maximum atomic E-state index is 9.92. The lowest BCUT2D eigenvalue weighted by Crippen LogP contribution is -2.25. The summed E-state index contributed by atoms with van der Waals surface area (Å²) in [7, 11) is 1.64. The van der Waals surface area contributed by atoms with Gasteiger partial charge in [-0.05, 0) is 36.3 Å². The molecule has 0 aromatic carbocycles. The van der Waals surface area contributed by atoms with Crippen molar-refractivity contribution in [1.82, 2.24) is 0 Å². The molecule has 0 saturated heterocycles. The van der Waals surface area contributed by atoms with E-state index in [4.69, 9.17) is 4.74 Å². The first kappa shape index (κ1) is 10.1. The van der Waals surface area contributed by atoms with Gasteiger partial charge in [0.05, 0.1) is 12.7 Å². The SMILES string of the molecule is COCC(O)C1CCCc2sccc21. The Bertz CT molecular complexity index is 295. The molecule has 1 N–H and O–H groups in total. The van der Waals surface area contributed by atoms with Crippen LogP contribution in [0.15, 0.2) is 11.4 Å². The molecule has 14 heavy (non-hydrogen) atoms. The first-order valence-corrected chi connectivity index (χ1v) is 5.94. The van der Waals surface area contributed by atoms with Crippen LogP contribution in [0, 0.1) is 0 Å². The minimum absolute atomic E-state index is 0.296. The van der Waals surface area contributed by atoms with Gasteiger partial charge < -0.3 is 9.84 Å². The van der Waals surface area contributed by atoms with Crippen LogP contribution in [0.2, 0.25) is 0 Å². The van der Waals surface area contributed by atoms with E-state index in [0.29, 0.717) is 12.5 Å². The van der Waals surface area contributed by atoms with Crippen LogP contribution < -0.4 is 0 Å². The van der Waals surface area contributed by atoms with E-state index in [0.717, 1.165) is 6.42 Å². The molecule has 2 unspecified atom stereocenters. The Hall–Kier alpha value is -0.380. The van der Waals surface area contributed by atoms with Gasteiger partial charge in [0.2, 0.25) is 0 Å². The van der Waals surface area contributed by atoms with E-state index in [1.54, 1.807) is 7.11 Å². The summed E-state index contributed by atoms with van der Waals surface area (Å²) in [4.78, 5) is 1.46. The number of aliphatic hydroxyl groups is 1. The van der Waals surface area contributed by atoms with Crippen molar-refractivity contribution < 1.29 is 9.84 Å². The molecule has 0 radical (unpaired) electrons. The van der Waals surface area contributed by atoms with Crippen molar-refractivity contribution in [3.8, 4) is 0 Å². The van der Waals surface area contributed by atoms with Gasteiger partial charge in [0, 0.05) is 17.9 Å². The molecule has 3 heteroatoms. The quantitative estimate of drug-likeness (QED) is 0.832. The van der Waals surface area contributed by atoms with Crippen molar-refractivity contribution in [2.45, 2.75) is 31.3 Å². The normalized spacial score (nSPS) is 23.1. The van der Waals surface area contributed by atoms with E-state index in [-0.39, 0.29) is 6.10 Å². The summed E-state index contributed by atoms with van der Waals surface area (Å²) in [6, 6.07) is 2.16. The van der Waals surface area contributed by atoms with Gasteiger partial charge in [-0.15, -0.1) is 11.3 Å². The number of aliphatic hydroxyl groups excluding tert-OH is 1. The average molecular weight is 212 g/mol. The van der Waals surface area contributed by atoms with Gasteiger partial charge in [0.25, 0.3) is 0 Å². The fraction of sp³-hybridized carbons (Fsp3) is 0.636. The molecule has 2 atom stereocenters. The Morgan fingerprint density at radius 2 is 2.57 bits per heavy atom. The van der Waals surface area contributed by atoms with Gasteiger partial charge in [-0.3, -0.25) is 0 Å². The van der Waals surface area contributed by atoms with Gasteiger partial charge in [-0.25, -0.2) is 0 Å². The lowest BCUT2D eigenvalue weighted by molar-refractivity contribution is 0.0427. The molecule has 1 aromatic rings. The van der Waals surface area contributed by atoms with Crippen LogP contribution >= 0.6 is 11.3 Å². The number of ether oxygens (including phenoxy) is 1. The summed E-state index contributed by atoms with van der Waals surface area (Å²) in [6.07, 6.45) is 3.13. The summed E-state index contributed by atoms with van der Waals surface area (Å²) in [5.41, 5.74) is 1.35. The lowest BCUT2D eigenvalue weighted by atomic mass is 9.84. The van der Waals surface area contributed by atoms with Crippen molar-refractivity contribution >= 4 is 11.3 Å². The molecule has 0 saturated carbocycles. The number of methoxy groups -OCH3 is 1. The number of rotatable bonds is 3. The zero-order valence-corrected chi connectivity index (χ0v) is 9.22. The molecule has 0 amide bonds. The highest BCUT2D eigenvalue weighted by Gasteiger charge is 2.27. The molecule has 1 aliphatic carbocycles. The van der Waals surface area contributed by atoms with Gasteiger partial charge in [-0.1, -0.05) is 0 Å². The molecule has 78 valence electrons. The standard InChI is InChI=1S/C11H16O2S/c1-13-7-10(12)8-3-2-4-11-9(8)5-6-14-11/h5-6,8,10,12H,2-4,7H2,1H3. The lowest BCUT2D eigenvalue weighted by Gasteiger charge is -2.26. The van der Waals surface area contributed by atoms with Crippen molar-refractivity contribution in [3.63, 3.8) is 0 Å². The second kappa shape index (κ2) is 4.43. The van der Waals surface area contributed by atoms with Crippen LogP contribution in [-0.2, 0) is 11.2 Å². The summed E-state index contributed by atoms with van der Waals surface area (Å²) in [6.45, 7) is 0.444. The second-order valence-electron chi connectivity index (χ2n) is 3.82.